The van der Waals surface area contributed by atoms with Crippen molar-refractivity contribution in [3.63, 3.8) is 0 Å². The van der Waals surface area contributed by atoms with Gasteiger partial charge < -0.3 is 10.2 Å². The fourth-order valence-corrected chi connectivity index (χ4v) is 1.86. The largest absolute Gasteiger partial charge is 0.369 e. The average molecular weight is 191 g/mol. The molecule has 0 aromatic carbocycles. The lowest BCUT2D eigenvalue weighted by molar-refractivity contribution is 0.588. The van der Waals surface area contributed by atoms with E-state index in [2.05, 4.69) is 28.2 Å². The van der Waals surface area contributed by atoms with Crippen LogP contribution in [0.15, 0.2) is 12.3 Å². The second kappa shape index (κ2) is 3.96. The van der Waals surface area contributed by atoms with E-state index in [4.69, 9.17) is 0 Å². The van der Waals surface area contributed by atoms with Gasteiger partial charge in [-0.25, -0.2) is 0 Å². The highest BCUT2D eigenvalue weighted by Crippen LogP contribution is 2.19. The first-order chi connectivity index (χ1) is 6.77. The zero-order chi connectivity index (χ0) is 9.97. The summed E-state index contributed by atoms with van der Waals surface area (Å²) < 4.78 is 0. The normalized spacial score (nSPS) is 17.1. The van der Waals surface area contributed by atoms with E-state index in [1.165, 1.54) is 11.3 Å². The van der Waals surface area contributed by atoms with Gasteiger partial charge in [-0.3, -0.25) is 4.98 Å². The van der Waals surface area contributed by atoms with E-state index in [0.717, 1.165) is 31.9 Å². The maximum Gasteiger partial charge on any atom is 0.0430 e. The number of aryl methyl sites for hydroxylation is 2. The van der Waals surface area contributed by atoms with Gasteiger partial charge in [0.15, 0.2) is 0 Å². The summed E-state index contributed by atoms with van der Waals surface area (Å²) in [5.41, 5.74) is 3.72. The molecule has 1 N–H and O–H groups in total. The van der Waals surface area contributed by atoms with E-state index in [1.807, 2.05) is 13.1 Å². The van der Waals surface area contributed by atoms with Gasteiger partial charge in [0, 0.05) is 43.8 Å². The summed E-state index contributed by atoms with van der Waals surface area (Å²) in [6.07, 6.45) is 1.96. The third-order valence-corrected chi connectivity index (χ3v) is 2.67. The molecule has 0 radical (unpaired) electrons. The lowest BCUT2D eigenvalue weighted by Gasteiger charge is -2.30. The van der Waals surface area contributed by atoms with Gasteiger partial charge in [-0.1, -0.05) is 0 Å². The number of aromatic nitrogens is 1. The molecular formula is C11H17N3. The number of pyridine rings is 1. The SMILES string of the molecule is Cc1cc(N2CCNCC2)c(C)cn1. The van der Waals surface area contributed by atoms with Crippen molar-refractivity contribution in [2.45, 2.75) is 13.8 Å². The van der Waals surface area contributed by atoms with Crippen LogP contribution < -0.4 is 10.2 Å². The fraction of sp³-hybridized carbons (Fsp3) is 0.545. The quantitative estimate of drug-likeness (QED) is 0.720. The molecule has 1 aliphatic heterocycles. The van der Waals surface area contributed by atoms with Crippen molar-refractivity contribution in [3.05, 3.63) is 23.5 Å². The number of nitrogens with one attached hydrogen (secondary N) is 1. The van der Waals surface area contributed by atoms with Crippen LogP contribution in [0.25, 0.3) is 0 Å². The summed E-state index contributed by atoms with van der Waals surface area (Å²) in [6, 6.07) is 2.18. The summed E-state index contributed by atoms with van der Waals surface area (Å²) >= 11 is 0. The monoisotopic (exact) mass is 191 g/mol. The third-order valence-electron chi connectivity index (χ3n) is 2.67. The van der Waals surface area contributed by atoms with E-state index in [1.54, 1.807) is 0 Å². The maximum absolute atomic E-state index is 4.29. The van der Waals surface area contributed by atoms with Crippen LogP contribution in [0.2, 0.25) is 0 Å². The molecule has 0 atom stereocenters. The van der Waals surface area contributed by atoms with Gasteiger partial charge in [0.1, 0.15) is 0 Å². The number of hydrogen-bond acceptors (Lipinski definition) is 3. The number of rotatable bonds is 1. The van der Waals surface area contributed by atoms with Crippen molar-refractivity contribution >= 4 is 5.69 Å². The molecule has 0 unspecified atom stereocenters. The molecule has 3 heteroatoms. The van der Waals surface area contributed by atoms with E-state index in [9.17, 15) is 0 Å². The fourth-order valence-electron chi connectivity index (χ4n) is 1.86. The summed E-state index contributed by atoms with van der Waals surface area (Å²) in [4.78, 5) is 6.72. The van der Waals surface area contributed by atoms with Crippen LogP contribution in [0, 0.1) is 13.8 Å². The number of anilines is 1. The Hall–Kier alpha value is -1.09. The Kier molecular flexibility index (Phi) is 2.68. The minimum absolute atomic E-state index is 1.08. The summed E-state index contributed by atoms with van der Waals surface area (Å²) in [5.74, 6) is 0. The standard InChI is InChI=1S/C11H17N3/c1-9-8-13-10(2)7-11(9)14-5-3-12-4-6-14/h7-8,12H,3-6H2,1-2H3. The molecule has 0 spiro atoms. The van der Waals surface area contributed by atoms with E-state index >= 15 is 0 Å². The van der Waals surface area contributed by atoms with Crippen LogP contribution in [0.1, 0.15) is 11.3 Å². The Balaban J connectivity index is 2.24. The van der Waals surface area contributed by atoms with Gasteiger partial charge in [0.2, 0.25) is 0 Å². The summed E-state index contributed by atoms with van der Waals surface area (Å²) in [7, 11) is 0. The van der Waals surface area contributed by atoms with Crippen molar-refractivity contribution in [1.29, 1.82) is 0 Å². The van der Waals surface area contributed by atoms with Crippen LogP contribution >= 0.6 is 0 Å². The highest BCUT2D eigenvalue weighted by molar-refractivity contribution is 5.53. The van der Waals surface area contributed by atoms with Gasteiger partial charge in [-0.2, -0.15) is 0 Å². The summed E-state index contributed by atoms with van der Waals surface area (Å²) in [6.45, 7) is 8.55. The molecule has 76 valence electrons. The molecule has 0 aliphatic carbocycles. The van der Waals surface area contributed by atoms with Gasteiger partial charge in [-0.15, -0.1) is 0 Å². The molecule has 14 heavy (non-hydrogen) atoms. The van der Waals surface area contributed by atoms with Gasteiger partial charge in [0.25, 0.3) is 0 Å². The van der Waals surface area contributed by atoms with Crippen LogP contribution in [-0.2, 0) is 0 Å². The lowest BCUT2D eigenvalue weighted by Crippen LogP contribution is -2.43. The van der Waals surface area contributed by atoms with Crippen molar-refractivity contribution in [3.8, 4) is 0 Å². The topological polar surface area (TPSA) is 28.2 Å². The first-order valence-corrected chi connectivity index (χ1v) is 5.16. The lowest BCUT2D eigenvalue weighted by atomic mass is 10.2. The molecule has 1 saturated heterocycles. The summed E-state index contributed by atoms with van der Waals surface area (Å²) in [5, 5.41) is 3.36. The predicted octanol–water partition coefficient (Wildman–Crippen LogP) is 1.11. The van der Waals surface area contributed by atoms with Crippen LogP contribution in [0.4, 0.5) is 5.69 Å². The predicted molar refractivity (Wildman–Crippen MR) is 58.8 cm³/mol. The molecule has 0 saturated carbocycles. The Labute approximate surface area is 85.1 Å². The number of hydrogen-bond donors (Lipinski definition) is 1. The molecule has 0 bridgehead atoms. The molecule has 1 aromatic rings. The van der Waals surface area contributed by atoms with E-state index in [-0.39, 0.29) is 0 Å². The molecule has 2 heterocycles. The Morgan fingerprint density at radius 3 is 2.71 bits per heavy atom. The third kappa shape index (κ3) is 1.87. The number of nitrogens with zero attached hydrogens (tertiary/aromatic N) is 2. The highest BCUT2D eigenvalue weighted by atomic mass is 15.2. The Morgan fingerprint density at radius 1 is 1.29 bits per heavy atom. The second-order valence-corrected chi connectivity index (χ2v) is 3.85. The molecule has 0 amide bonds. The van der Waals surface area contributed by atoms with Gasteiger partial charge in [0.05, 0.1) is 0 Å². The zero-order valence-electron chi connectivity index (χ0n) is 8.88. The highest BCUT2D eigenvalue weighted by Gasteiger charge is 2.12. The zero-order valence-corrected chi connectivity index (χ0v) is 8.88. The van der Waals surface area contributed by atoms with Crippen molar-refractivity contribution in [2.24, 2.45) is 0 Å². The molecule has 1 fully saturated rings. The Bertz CT molecular complexity index is 316. The first kappa shape index (κ1) is 9.46. The van der Waals surface area contributed by atoms with E-state index < -0.39 is 0 Å². The Morgan fingerprint density at radius 2 is 2.00 bits per heavy atom. The van der Waals surface area contributed by atoms with Crippen LogP contribution in [0.5, 0.6) is 0 Å². The molecule has 2 rings (SSSR count). The smallest absolute Gasteiger partial charge is 0.0430 e. The van der Waals surface area contributed by atoms with Crippen molar-refractivity contribution in [1.82, 2.24) is 10.3 Å². The average Bonchev–Trinajstić information content (AvgIpc) is 2.23. The molecule has 1 aliphatic rings. The first-order valence-electron chi connectivity index (χ1n) is 5.16. The van der Waals surface area contributed by atoms with Crippen LogP contribution in [-0.4, -0.2) is 31.2 Å². The molecule has 3 nitrogen and oxygen atoms in total. The van der Waals surface area contributed by atoms with Gasteiger partial charge >= 0.3 is 0 Å². The van der Waals surface area contributed by atoms with Crippen LogP contribution in [0.3, 0.4) is 0 Å². The number of piperazine rings is 1. The van der Waals surface area contributed by atoms with Gasteiger partial charge in [-0.05, 0) is 25.5 Å². The van der Waals surface area contributed by atoms with Crippen molar-refractivity contribution in [2.75, 3.05) is 31.1 Å². The molecule has 1 aromatic heterocycles. The second-order valence-electron chi connectivity index (χ2n) is 3.85. The van der Waals surface area contributed by atoms with E-state index in [0.29, 0.717) is 0 Å². The molecular weight excluding hydrogens is 174 g/mol. The minimum atomic E-state index is 1.08. The van der Waals surface area contributed by atoms with Crippen molar-refractivity contribution < 1.29 is 0 Å². The minimum Gasteiger partial charge on any atom is -0.369 e. The maximum atomic E-state index is 4.29.